The average Bonchev–Trinajstić information content (AvgIpc) is 2.62. The van der Waals surface area contributed by atoms with Crippen molar-refractivity contribution < 1.29 is 0 Å². The number of thiol groups is 1. The van der Waals surface area contributed by atoms with Gasteiger partial charge in [-0.25, -0.2) is 0 Å². The zero-order valence-corrected chi connectivity index (χ0v) is 8.67. The summed E-state index contributed by atoms with van der Waals surface area (Å²) in [4.78, 5) is 2.05. The van der Waals surface area contributed by atoms with Crippen LogP contribution in [0.4, 0.5) is 0 Å². The maximum atomic E-state index is 6.01. The lowest BCUT2D eigenvalue weighted by Gasteiger charge is -2.23. The van der Waals surface area contributed by atoms with Crippen LogP contribution in [0.3, 0.4) is 0 Å². The molecule has 4 nitrogen and oxygen atoms in total. The maximum absolute atomic E-state index is 6.01. The minimum absolute atomic E-state index is 0.0165. The number of rotatable bonds is 1. The second-order valence-corrected chi connectivity index (χ2v) is 4.27. The molecule has 2 rings (SSSR count). The Bertz CT molecular complexity index is 230. The van der Waals surface area contributed by atoms with Crippen molar-refractivity contribution in [3.63, 3.8) is 0 Å². The van der Waals surface area contributed by atoms with Crippen LogP contribution in [0.15, 0.2) is 5.10 Å². The Morgan fingerprint density at radius 1 is 1.62 bits per heavy atom. The van der Waals surface area contributed by atoms with E-state index in [0.717, 1.165) is 18.7 Å². The molecular formula is C8H16N4S. The third-order valence-electron chi connectivity index (χ3n) is 2.92. The number of nitrogens with two attached hydrogens (primary N) is 1. The second kappa shape index (κ2) is 3.38. The summed E-state index contributed by atoms with van der Waals surface area (Å²) in [6, 6.07) is 0.279. The number of hydrogen-bond acceptors (Lipinski definition) is 5. The fourth-order valence-corrected chi connectivity index (χ4v) is 2.24. The Morgan fingerprint density at radius 2 is 2.38 bits per heavy atom. The number of nitrogens with one attached hydrogen (secondary N) is 1. The minimum Gasteiger partial charge on any atom is -0.332 e. The number of hydrogen-bond donors (Lipinski definition) is 3. The monoisotopic (exact) mass is 200 g/mol. The highest BCUT2D eigenvalue weighted by Gasteiger charge is 2.34. The zero-order valence-electron chi connectivity index (χ0n) is 7.77. The van der Waals surface area contributed by atoms with Gasteiger partial charge in [-0.2, -0.15) is 5.10 Å². The van der Waals surface area contributed by atoms with E-state index in [1.165, 1.54) is 6.42 Å². The molecule has 1 fully saturated rings. The number of nitrogens with zero attached hydrogens (tertiary/aromatic N) is 2. The van der Waals surface area contributed by atoms with E-state index in [4.69, 9.17) is 5.73 Å². The van der Waals surface area contributed by atoms with Crippen molar-refractivity contribution in [2.75, 3.05) is 7.05 Å². The van der Waals surface area contributed by atoms with Gasteiger partial charge in [0.2, 0.25) is 0 Å². The van der Waals surface area contributed by atoms with Crippen LogP contribution in [0.25, 0.3) is 0 Å². The average molecular weight is 200 g/mol. The Labute approximate surface area is 84.0 Å². The normalized spacial score (nSPS) is 39.2. The van der Waals surface area contributed by atoms with Crippen LogP contribution in [0.2, 0.25) is 0 Å². The fraction of sp³-hybridized carbons (Fsp3) is 0.875. The lowest BCUT2D eigenvalue weighted by atomic mass is 10.0. The molecule has 0 saturated heterocycles. The summed E-state index contributed by atoms with van der Waals surface area (Å²) in [5.41, 5.74) is 8.96. The fourth-order valence-electron chi connectivity index (χ4n) is 2.07. The number of hydrazone groups is 1. The van der Waals surface area contributed by atoms with Gasteiger partial charge in [-0.1, -0.05) is 6.42 Å². The molecule has 1 aliphatic carbocycles. The molecule has 0 amide bonds. The predicted octanol–water partition coefficient (Wildman–Crippen LogP) is 0.176. The van der Waals surface area contributed by atoms with Gasteiger partial charge in [0.05, 0.1) is 0 Å². The third kappa shape index (κ3) is 1.50. The molecule has 3 atom stereocenters. The molecule has 0 aromatic carbocycles. The van der Waals surface area contributed by atoms with Gasteiger partial charge in [-0.15, -0.1) is 12.6 Å². The van der Waals surface area contributed by atoms with Crippen molar-refractivity contribution >= 4 is 18.5 Å². The Kier molecular flexibility index (Phi) is 2.38. The number of amidine groups is 1. The van der Waals surface area contributed by atoms with Crippen molar-refractivity contribution in [1.82, 2.24) is 10.3 Å². The summed E-state index contributed by atoms with van der Waals surface area (Å²) in [7, 11) is 2.00. The van der Waals surface area contributed by atoms with Gasteiger partial charge < -0.3 is 10.6 Å². The summed E-state index contributed by atoms with van der Waals surface area (Å²) in [5, 5.41) is 4.27. The van der Waals surface area contributed by atoms with Crippen LogP contribution in [0.5, 0.6) is 0 Å². The molecule has 2 aliphatic rings. The summed E-state index contributed by atoms with van der Waals surface area (Å²) >= 11 is 4.33. The molecule has 0 bridgehead atoms. The SMILES string of the molecule is CN1C([C@@H]2CCC[C@@H]2N)=NNC1S. The van der Waals surface area contributed by atoms with Crippen LogP contribution in [-0.2, 0) is 0 Å². The lowest BCUT2D eigenvalue weighted by molar-refractivity contribution is 0.438. The van der Waals surface area contributed by atoms with Crippen molar-refractivity contribution in [3.05, 3.63) is 0 Å². The van der Waals surface area contributed by atoms with E-state index in [-0.39, 0.29) is 11.5 Å². The first-order valence-corrected chi connectivity index (χ1v) is 5.21. The first-order valence-electron chi connectivity index (χ1n) is 4.69. The highest BCUT2D eigenvalue weighted by atomic mass is 32.1. The first-order chi connectivity index (χ1) is 6.20. The van der Waals surface area contributed by atoms with Gasteiger partial charge in [0.25, 0.3) is 0 Å². The third-order valence-corrected chi connectivity index (χ3v) is 3.39. The smallest absolute Gasteiger partial charge is 0.161 e. The molecule has 1 saturated carbocycles. The Morgan fingerprint density at radius 3 is 2.85 bits per heavy atom. The quantitative estimate of drug-likeness (QED) is 0.529. The van der Waals surface area contributed by atoms with Gasteiger partial charge in [0.1, 0.15) is 5.84 Å². The van der Waals surface area contributed by atoms with Crippen LogP contribution in [-0.4, -0.2) is 29.3 Å². The molecule has 74 valence electrons. The van der Waals surface area contributed by atoms with E-state index in [1.54, 1.807) is 0 Å². The van der Waals surface area contributed by atoms with Crippen LogP contribution < -0.4 is 11.2 Å². The molecule has 3 N–H and O–H groups in total. The summed E-state index contributed by atoms with van der Waals surface area (Å²) in [5.74, 6) is 1.50. The summed E-state index contributed by atoms with van der Waals surface area (Å²) in [6.45, 7) is 0. The van der Waals surface area contributed by atoms with E-state index >= 15 is 0 Å². The minimum atomic E-state index is 0.0165. The van der Waals surface area contributed by atoms with E-state index in [2.05, 4.69) is 28.1 Å². The molecule has 1 unspecified atom stereocenters. The zero-order chi connectivity index (χ0) is 9.42. The molecule has 0 spiro atoms. The standard InChI is InChI=1S/C8H16N4S/c1-12-7(10-11-8(12)13)5-3-2-4-6(5)9/h5-6,8,11,13H,2-4,9H2,1H3/t5-,6+,8?/m1/s1. The van der Waals surface area contributed by atoms with Crippen molar-refractivity contribution in [2.24, 2.45) is 16.8 Å². The lowest BCUT2D eigenvalue weighted by Crippen LogP contribution is -2.40. The maximum Gasteiger partial charge on any atom is 0.161 e. The molecule has 13 heavy (non-hydrogen) atoms. The summed E-state index contributed by atoms with van der Waals surface area (Å²) in [6.07, 6.45) is 3.50. The van der Waals surface area contributed by atoms with Gasteiger partial charge in [-0.05, 0) is 12.8 Å². The molecule has 0 aromatic rings. The highest BCUT2D eigenvalue weighted by molar-refractivity contribution is 7.80. The van der Waals surface area contributed by atoms with Gasteiger partial charge in [0, 0.05) is 19.0 Å². The van der Waals surface area contributed by atoms with Crippen molar-refractivity contribution in [2.45, 2.75) is 30.8 Å². The molecule has 0 radical (unpaired) electrons. The van der Waals surface area contributed by atoms with Crippen LogP contribution in [0.1, 0.15) is 19.3 Å². The molecule has 5 heteroatoms. The Hall–Kier alpha value is -0.420. The van der Waals surface area contributed by atoms with E-state index in [0.29, 0.717) is 5.92 Å². The van der Waals surface area contributed by atoms with E-state index < -0.39 is 0 Å². The van der Waals surface area contributed by atoms with E-state index in [9.17, 15) is 0 Å². The molecule has 1 heterocycles. The summed E-state index contributed by atoms with van der Waals surface area (Å²) < 4.78 is 0. The van der Waals surface area contributed by atoms with Gasteiger partial charge in [0.15, 0.2) is 5.50 Å². The van der Waals surface area contributed by atoms with Crippen LogP contribution >= 0.6 is 12.6 Å². The highest BCUT2D eigenvalue weighted by Crippen LogP contribution is 2.28. The van der Waals surface area contributed by atoms with Gasteiger partial charge >= 0.3 is 0 Å². The largest absolute Gasteiger partial charge is 0.332 e. The van der Waals surface area contributed by atoms with E-state index in [1.807, 2.05) is 7.05 Å². The molecular weight excluding hydrogens is 184 g/mol. The topological polar surface area (TPSA) is 53.6 Å². The predicted molar refractivity (Wildman–Crippen MR) is 56.4 cm³/mol. The van der Waals surface area contributed by atoms with Crippen molar-refractivity contribution in [3.8, 4) is 0 Å². The van der Waals surface area contributed by atoms with Crippen molar-refractivity contribution in [1.29, 1.82) is 0 Å². The molecule has 1 aliphatic heterocycles. The van der Waals surface area contributed by atoms with Gasteiger partial charge in [-0.3, -0.25) is 5.43 Å². The molecule has 0 aromatic heterocycles. The first kappa shape index (κ1) is 9.15. The van der Waals surface area contributed by atoms with Crippen LogP contribution in [0, 0.1) is 5.92 Å². The Balaban J connectivity index is 2.08. The second-order valence-electron chi connectivity index (χ2n) is 3.78.